The van der Waals surface area contributed by atoms with Crippen molar-refractivity contribution in [1.82, 2.24) is 4.90 Å². The van der Waals surface area contributed by atoms with Crippen LogP contribution in [0.4, 0.5) is 14.9 Å². The van der Waals surface area contributed by atoms with Crippen LogP contribution < -0.4 is 5.32 Å². The summed E-state index contributed by atoms with van der Waals surface area (Å²) < 4.78 is 18.8. The molecule has 0 bridgehead atoms. The zero-order valence-electron chi connectivity index (χ0n) is 11.6. The Balaban J connectivity index is 2.01. The van der Waals surface area contributed by atoms with Crippen molar-refractivity contribution < 1.29 is 23.8 Å². The third-order valence-corrected chi connectivity index (χ3v) is 3.51. The lowest BCUT2D eigenvalue weighted by Crippen LogP contribution is -2.42. The monoisotopic (exact) mass is 296 g/mol. The first kappa shape index (κ1) is 15.2. The Morgan fingerprint density at radius 3 is 2.62 bits per heavy atom. The number of carboxylic acids is 1. The van der Waals surface area contributed by atoms with Gasteiger partial charge in [0.05, 0.1) is 5.56 Å². The number of hydrogen-bond donors (Lipinski definition) is 2. The van der Waals surface area contributed by atoms with Gasteiger partial charge in [0.25, 0.3) is 0 Å². The maximum absolute atomic E-state index is 13.5. The summed E-state index contributed by atoms with van der Waals surface area (Å²) in [6.07, 6.45) is 1.52. The Labute approximate surface area is 121 Å². The summed E-state index contributed by atoms with van der Waals surface area (Å²) in [5.41, 5.74) is -0.202. The number of carboxylic acid groups (broad SMARTS) is 1. The molecule has 2 rings (SSSR count). The lowest BCUT2D eigenvalue weighted by atomic mass is 10.1. The standard InChI is InChI=1S/C14H17FN2O4/c1-17(10-4-6-21-7-5-10)14(20)16-9-2-3-11(13(18)19)12(15)8-9/h2-3,8,10H,4-7H2,1H3,(H,16,20)(H,18,19). The maximum Gasteiger partial charge on any atom is 0.338 e. The summed E-state index contributed by atoms with van der Waals surface area (Å²) >= 11 is 0. The average molecular weight is 296 g/mol. The van der Waals surface area contributed by atoms with E-state index in [1.807, 2.05) is 0 Å². The second-order valence-corrected chi connectivity index (χ2v) is 4.88. The number of nitrogens with one attached hydrogen (secondary N) is 1. The van der Waals surface area contributed by atoms with Gasteiger partial charge >= 0.3 is 12.0 Å². The van der Waals surface area contributed by atoms with Gasteiger partial charge in [0.15, 0.2) is 0 Å². The molecule has 1 aromatic carbocycles. The van der Waals surface area contributed by atoms with Crippen LogP contribution in [0.3, 0.4) is 0 Å². The van der Waals surface area contributed by atoms with Gasteiger partial charge < -0.3 is 20.1 Å². The van der Waals surface area contributed by atoms with Crippen LogP contribution in [0.2, 0.25) is 0 Å². The molecule has 0 aliphatic carbocycles. The minimum Gasteiger partial charge on any atom is -0.478 e. The van der Waals surface area contributed by atoms with Gasteiger partial charge in [-0.25, -0.2) is 14.0 Å². The summed E-state index contributed by atoms with van der Waals surface area (Å²) in [5.74, 6) is -2.22. The van der Waals surface area contributed by atoms with E-state index in [9.17, 15) is 14.0 Å². The number of rotatable bonds is 3. The molecular weight excluding hydrogens is 279 g/mol. The Bertz CT molecular complexity index is 544. The van der Waals surface area contributed by atoms with Crippen molar-refractivity contribution in [3.05, 3.63) is 29.6 Å². The fourth-order valence-corrected chi connectivity index (χ4v) is 2.22. The highest BCUT2D eigenvalue weighted by Gasteiger charge is 2.22. The number of anilines is 1. The second kappa shape index (κ2) is 6.53. The number of benzene rings is 1. The number of aromatic carboxylic acids is 1. The van der Waals surface area contributed by atoms with Crippen molar-refractivity contribution in [2.45, 2.75) is 18.9 Å². The quantitative estimate of drug-likeness (QED) is 0.896. The minimum atomic E-state index is -1.34. The molecule has 0 spiro atoms. The molecular formula is C14H17FN2O4. The van der Waals surface area contributed by atoms with Gasteiger partial charge in [-0.15, -0.1) is 0 Å². The molecule has 0 aromatic heterocycles. The molecule has 0 atom stereocenters. The Morgan fingerprint density at radius 1 is 1.38 bits per heavy atom. The van der Waals surface area contributed by atoms with Gasteiger partial charge in [-0.1, -0.05) is 0 Å². The fraction of sp³-hybridized carbons (Fsp3) is 0.429. The number of urea groups is 1. The van der Waals surface area contributed by atoms with Crippen LogP contribution in [0.1, 0.15) is 23.2 Å². The first-order chi connectivity index (χ1) is 9.99. The van der Waals surface area contributed by atoms with Crippen molar-refractivity contribution in [2.75, 3.05) is 25.6 Å². The van der Waals surface area contributed by atoms with Crippen LogP contribution in [0.25, 0.3) is 0 Å². The number of hydrogen-bond acceptors (Lipinski definition) is 3. The number of carbonyl (C=O) groups is 2. The van der Waals surface area contributed by atoms with E-state index < -0.39 is 17.3 Å². The summed E-state index contributed by atoms with van der Waals surface area (Å²) in [6.45, 7) is 1.23. The largest absolute Gasteiger partial charge is 0.478 e. The normalized spacial score (nSPS) is 15.5. The van der Waals surface area contributed by atoms with Crippen molar-refractivity contribution >= 4 is 17.7 Å². The van der Waals surface area contributed by atoms with E-state index in [1.165, 1.54) is 6.07 Å². The molecule has 6 nitrogen and oxygen atoms in total. The summed E-state index contributed by atoms with van der Waals surface area (Å²) in [4.78, 5) is 24.4. The highest BCUT2D eigenvalue weighted by atomic mass is 19.1. The van der Waals surface area contributed by atoms with Crippen LogP contribution in [-0.2, 0) is 4.74 Å². The summed E-state index contributed by atoms with van der Waals surface area (Å²) in [6, 6.07) is 3.22. The molecule has 1 heterocycles. The zero-order chi connectivity index (χ0) is 15.4. The first-order valence-corrected chi connectivity index (χ1v) is 6.63. The van der Waals surface area contributed by atoms with Gasteiger partial charge in [0.2, 0.25) is 0 Å². The fourth-order valence-electron chi connectivity index (χ4n) is 2.22. The predicted molar refractivity (Wildman–Crippen MR) is 74.0 cm³/mol. The maximum atomic E-state index is 13.5. The van der Waals surface area contributed by atoms with E-state index in [1.54, 1.807) is 11.9 Å². The smallest absolute Gasteiger partial charge is 0.338 e. The Morgan fingerprint density at radius 2 is 2.05 bits per heavy atom. The number of ether oxygens (including phenoxy) is 1. The van der Waals surface area contributed by atoms with Crippen molar-refractivity contribution in [3.8, 4) is 0 Å². The van der Waals surface area contributed by atoms with Crippen LogP contribution >= 0.6 is 0 Å². The number of amides is 2. The van der Waals surface area contributed by atoms with Crippen LogP contribution in [0, 0.1) is 5.82 Å². The minimum absolute atomic E-state index is 0.0851. The van der Waals surface area contributed by atoms with Crippen LogP contribution in [0.15, 0.2) is 18.2 Å². The lowest BCUT2D eigenvalue weighted by molar-refractivity contribution is 0.0544. The van der Waals surface area contributed by atoms with E-state index in [-0.39, 0.29) is 17.8 Å². The summed E-state index contributed by atoms with van der Waals surface area (Å²) in [5, 5.41) is 11.3. The van der Waals surface area contributed by atoms with Crippen LogP contribution in [-0.4, -0.2) is 48.3 Å². The van der Waals surface area contributed by atoms with Gasteiger partial charge in [-0.2, -0.15) is 0 Å². The number of carbonyl (C=O) groups excluding carboxylic acids is 1. The summed E-state index contributed by atoms with van der Waals surface area (Å²) in [7, 11) is 1.67. The molecule has 1 aliphatic rings. The molecule has 0 saturated carbocycles. The first-order valence-electron chi connectivity index (χ1n) is 6.63. The van der Waals surface area contributed by atoms with E-state index >= 15 is 0 Å². The molecule has 1 saturated heterocycles. The van der Waals surface area contributed by atoms with Crippen LogP contribution in [0.5, 0.6) is 0 Å². The van der Waals surface area contributed by atoms with Crippen molar-refractivity contribution in [2.24, 2.45) is 0 Å². The van der Waals surface area contributed by atoms with E-state index in [0.29, 0.717) is 13.2 Å². The Hall–Kier alpha value is -2.15. The van der Waals surface area contributed by atoms with E-state index in [4.69, 9.17) is 9.84 Å². The highest BCUT2D eigenvalue weighted by molar-refractivity contribution is 5.91. The molecule has 114 valence electrons. The molecule has 1 aromatic rings. The molecule has 21 heavy (non-hydrogen) atoms. The number of halogens is 1. The van der Waals surface area contributed by atoms with Gasteiger partial charge in [-0.05, 0) is 31.0 Å². The Kier molecular flexibility index (Phi) is 4.74. The average Bonchev–Trinajstić information content (AvgIpc) is 2.47. The topological polar surface area (TPSA) is 78.9 Å². The van der Waals surface area contributed by atoms with Crippen molar-refractivity contribution in [1.29, 1.82) is 0 Å². The second-order valence-electron chi connectivity index (χ2n) is 4.88. The third kappa shape index (κ3) is 3.69. The highest BCUT2D eigenvalue weighted by Crippen LogP contribution is 2.17. The zero-order valence-corrected chi connectivity index (χ0v) is 11.6. The molecule has 1 aliphatic heterocycles. The van der Waals surface area contributed by atoms with Gasteiger partial charge in [0.1, 0.15) is 5.82 Å². The third-order valence-electron chi connectivity index (χ3n) is 3.51. The molecule has 0 radical (unpaired) electrons. The number of nitrogens with zero attached hydrogens (tertiary/aromatic N) is 1. The van der Waals surface area contributed by atoms with E-state index in [2.05, 4.69) is 5.32 Å². The van der Waals surface area contributed by atoms with Gasteiger partial charge in [-0.3, -0.25) is 0 Å². The van der Waals surface area contributed by atoms with E-state index in [0.717, 1.165) is 25.0 Å². The molecule has 2 amide bonds. The predicted octanol–water partition coefficient (Wildman–Crippen LogP) is 2.17. The molecule has 2 N–H and O–H groups in total. The van der Waals surface area contributed by atoms with Gasteiger partial charge in [0, 0.05) is 32.0 Å². The molecule has 0 unspecified atom stereocenters. The molecule has 7 heteroatoms. The lowest BCUT2D eigenvalue weighted by Gasteiger charge is -2.31. The molecule has 1 fully saturated rings. The van der Waals surface area contributed by atoms with Crippen molar-refractivity contribution in [3.63, 3.8) is 0 Å². The SMILES string of the molecule is CN(C(=O)Nc1ccc(C(=O)O)c(F)c1)C1CCOCC1.